The standard InChI is InChI=1S/C55H76O5P/c1-41(2)23-20-24-42(3)25-21-26-43(4)27-22-37-55(8)38-36-50-46(7)53(44(5)45(6)54(50)60-55)59-52(57)35-34-51(56)58-39-18-19-40-61(47-28-12-9-13-29-47,48-30-14-10-15-31-48)49-32-16-11-17-33-49/h9-17,28-33,41-43H,18-27,34-40H2,1-8H3/q+1. The predicted molar refractivity (Wildman–Crippen MR) is 258 cm³/mol. The third-order valence-corrected chi connectivity index (χ3v) is 17.9. The number of unbranched alkanes of at least 4 members (excludes halogenated alkanes) is 1. The summed E-state index contributed by atoms with van der Waals surface area (Å²) in [7, 11) is -1.93. The quantitative estimate of drug-likeness (QED) is 0.0304. The van der Waals surface area contributed by atoms with Crippen molar-refractivity contribution >= 4 is 35.1 Å². The van der Waals surface area contributed by atoms with Gasteiger partial charge in [-0.2, -0.15) is 0 Å². The van der Waals surface area contributed by atoms with Gasteiger partial charge in [0.2, 0.25) is 0 Å². The van der Waals surface area contributed by atoms with Crippen molar-refractivity contribution in [1.82, 2.24) is 0 Å². The van der Waals surface area contributed by atoms with Crippen LogP contribution in [0, 0.1) is 38.5 Å². The molecule has 5 rings (SSSR count). The Labute approximate surface area is 370 Å². The number of benzene rings is 4. The highest BCUT2D eigenvalue weighted by molar-refractivity contribution is 7.95. The third kappa shape index (κ3) is 13.5. The van der Waals surface area contributed by atoms with E-state index < -0.39 is 13.2 Å². The van der Waals surface area contributed by atoms with Gasteiger partial charge in [0.05, 0.1) is 25.6 Å². The van der Waals surface area contributed by atoms with E-state index in [0.717, 1.165) is 84.0 Å². The largest absolute Gasteiger partial charge is 0.487 e. The van der Waals surface area contributed by atoms with E-state index in [-0.39, 0.29) is 24.4 Å². The van der Waals surface area contributed by atoms with Crippen LogP contribution < -0.4 is 25.4 Å². The minimum atomic E-state index is -1.93. The summed E-state index contributed by atoms with van der Waals surface area (Å²) < 4.78 is 18.5. The molecule has 4 aromatic carbocycles. The van der Waals surface area contributed by atoms with E-state index in [1.807, 2.05) is 13.8 Å². The monoisotopic (exact) mass is 848 g/mol. The highest BCUT2D eigenvalue weighted by Gasteiger charge is 2.44. The number of carbonyl (C=O) groups is 2. The first-order valence-electron chi connectivity index (χ1n) is 23.6. The van der Waals surface area contributed by atoms with Gasteiger partial charge < -0.3 is 14.2 Å². The average Bonchev–Trinajstić information content (AvgIpc) is 3.25. The number of esters is 2. The summed E-state index contributed by atoms with van der Waals surface area (Å²) in [6, 6.07) is 32.5. The number of fused-ring (bicyclic) bond motifs is 1. The normalized spacial score (nSPS) is 16.1. The Balaban J connectivity index is 1.07. The summed E-state index contributed by atoms with van der Waals surface area (Å²) in [6.45, 7) is 18.2. The Morgan fingerprint density at radius 1 is 0.639 bits per heavy atom. The zero-order chi connectivity index (χ0) is 43.8. The molecule has 0 bridgehead atoms. The van der Waals surface area contributed by atoms with Gasteiger partial charge in [0, 0.05) is 5.56 Å². The zero-order valence-corrected chi connectivity index (χ0v) is 39.8. The molecule has 1 heterocycles. The number of rotatable bonds is 24. The number of carbonyl (C=O) groups excluding carboxylic acids is 2. The molecule has 0 fully saturated rings. The van der Waals surface area contributed by atoms with Crippen LogP contribution in [0.2, 0.25) is 0 Å². The molecular weight excluding hydrogens is 772 g/mol. The Morgan fingerprint density at radius 2 is 1.15 bits per heavy atom. The first kappa shape index (κ1) is 48.1. The highest BCUT2D eigenvalue weighted by Crippen LogP contribution is 2.56. The van der Waals surface area contributed by atoms with Crippen molar-refractivity contribution < 1.29 is 23.8 Å². The van der Waals surface area contributed by atoms with Crippen LogP contribution in [0.4, 0.5) is 0 Å². The van der Waals surface area contributed by atoms with E-state index in [2.05, 4.69) is 133 Å². The van der Waals surface area contributed by atoms with Gasteiger partial charge in [-0.25, -0.2) is 0 Å². The van der Waals surface area contributed by atoms with Gasteiger partial charge in [0.25, 0.3) is 0 Å². The molecule has 0 radical (unpaired) electrons. The molecule has 3 atom stereocenters. The second-order valence-corrected chi connectivity index (χ2v) is 22.5. The van der Waals surface area contributed by atoms with Gasteiger partial charge >= 0.3 is 11.9 Å². The molecule has 1 aliphatic heterocycles. The van der Waals surface area contributed by atoms with Crippen LogP contribution in [0.1, 0.15) is 147 Å². The molecule has 4 aromatic rings. The molecule has 3 unspecified atom stereocenters. The molecule has 5 nitrogen and oxygen atoms in total. The lowest BCUT2D eigenvalue weighted by Gasteiger charge is -2.38. The van der Waals surface area contributed by atoms with E-state index in [0.29, 0.717) is 12.4 Å². The van der Waals surface area contributed by atoms with Crippen molar-refractivity contribution in [3.05, 3.63) is 113 Å². The highest BCUT2D eigenvalue weighted by atomic mass is 31.2. The summed E-state index contributed by atoms with van der Waals surface area (Å²) in [5, 5.41) is 4.05. The van der Waals surface area contributed by atoms with Gasteiger partial charge in [-0.1, -0.05) is 127 Å². The van der Waals surface area contributed by atoms with Crippen LogP contribution in [0.3, 0.4) is 0 Å². The zero-order valence-electron chi connectivity index (χ0n) is 38.9. The average molecular weight is 848 g/mol. The Morgan fingerprint density at radius 3 is 1.69 bits per heavy atom. The van der Waals surface area contributed by atoms with Crippen LogP contribution >= 0.6 is 7.26 Å². The van der Waals surface area contributed by atoms with E-state index in [1.165, 1.54) is 67.3 Å². The molecular formula is C55H76O5P+. The molecule has 0 N–H and O–H groups in total. The lowest BCUT2D eigenvalue weighted by atomic mass is 9.83. The van der Waals surface area contributed by atoms with Crippen molar-refractivity contribution in [2.45, 2.75) is 157 Å². The van der Waals surface area contributed by atoms with E-state index in [4.69, 9.17) is 14.2 Å². The number of ether oxygens (including phenoxy) is 3. The Kier molecular flexibility index (Phi) is 18.5. The van der Waals surface area contributed by atoms with Crippen molar-refractivity contribution in [2.75, 3.05) is 12.8 Å². The van der Waals surface area contributed by atoms with Crippen molar-refractivity contribution in [2.24, 2.45) is 17.8 Å². The number of hydrogen-bond acceptors (Lipinski definition) is 5. The molecule has 6 heteroatoms. The molecule has 1 aliphatic rings. The van der Waals surface area contributed by atoms with Gasteiger partial charge in [0.1, 0.15) is 40.3 Å². The summed E-state index contributed by atoms with van der Waals surface area (Å²) in [6.07, 6.45) is 16.0. The second-order valence-electron chi connectivity index (χ2n) is 18.9. The predicted octanol–water partition coefficient (Wildman–Crippen LogP) is 13.1. The van der Waals surface area contributed by atoms with E-state index in [9.17, 15) is 9.59 Å². The summed E-state index contributed by atoms with van der Waals surface area (Å²) >= 11 is 0. The second kappa shape index (κ2) is 23.5. The maximum Gasteiger partial charge on any atom is 0.311 e. The molecule has 0 spiro atoms. The topological polar surface area (TPSA) is 61.8 Å². The van der Waals surface area contributed by atoms with Gasteiger partial charge in [-0.15, -0.1) is 0 Å². The van der Waals surface area contributed by atoms with Crippen molar-refractivity contribution in [3.8, 4) is 11.5 Å². The summed E-state index contributed by atoms with van der Waals surface area (Å²) in [5.41, 5.74) is 3.85. The van der Waals surface area contributed by atoms with Gasteiger partial charge in [-0.3, -0.25) is 9.59 Å². The van der Waals surface area contributed by atoms with Crippen LogP contribution in [0.15, 0.2) is 91.0 Å². The fraction of sp³-hybridized carbons (Fsp3) is 0.527. The SMILES string of the molecule is Cc1c(C)c2c(c(C)c1OC(=O)CCC(=O)OCCCC[P+](c1ccccc1)(c1ccccc1)c1ccccc1)CCC(C)(CCCC(C)CCCC(C)CCCC(C)C)O2. The van der Waals surface area contributed by atoms with E-state index >= 15 is 0 Å². The fourth-order valence-corrected chi connectivity index (χ4v) is 13.8. The first-order chi connectivity index (χ1) is 29.3. The Bertz CT molecular complexity index is 1860. The molecule has 61 heavy (non-hydrogen) atoms. The lowest BCUT2D eigenvalue weighted by Crippen LogP contribution is -2.37. The smallest absolute Gasteiger partial charge is 0.311 e. The maximum atomic E-state index is 13.2. The minimum Gasteiger partial charge on any atom is -0.487 e. The van der Waals surface area contributed by atoms with Crippen molar-refractivity contribution in [3.63, 3.8) is 0 Å². The fourth-order valence-electron chi connectivity index (χ4n) is 9.37. The Hall–Kier alpha value is -3.95. The summed E-state index contributed by atoms with van der Waals surface area (Å²) in [4.78, 5) is 26.0. The van der Waals surface area contributed by atoms with Crippen molar-refractivity contribution in [1.29, 1.82) is 0 Å². The number of hydrogen-bond donors (Lipinski definition) is 0. The lowest BCUT2D eigenvalue weighted by molar-refractivity contribution is -0.147. The maximum absolute atomic E-state index is 13.2. The minimum absolute atomic E-state index is 0.00647. The molecule has 0 amide bonds. The van der Waals surface area contributed by atoms with Crippen LogP contribution in [0.5, 0.6) is 11.5 Å². The van der Waals surface area contributed by atoms with Crippen LogP contribution in [-0.4, -0.2) is 30.3 Å². The molecule has 0 aliphatic carbocycles. The molecule has 0 saturated carbocycles. The van der Waals surface area contributed by atoms with Gasteiger partial charge in [0.15, 0.2) is 0 Å². The van der Waals surface area contributed by atoms with E-state index in [1.54, 1.807) is 0 Å². The van der Waals surface area contributed by atoms with Crippen LogP contribution in [-0.2, 0) is 20.7 Å². The first-order valence-corrected chi connectivity index (χ1v) is 25.5. The van der Waals surface area contributed by atoms with Gasteiger partial charge in [-0.05, 0) is 137 Å². The molecule has 0 aromatic heterocycles. The van der Waals surface area contributed by atoms with Crippen LogP contribution in [0.25, 0.3) is 0 Å². The molecule has 330 valence electrons. The third-order valence-electron chi connectivity index (χ3n) is 13.3. The molecule has 0 saturated heterocycles. The summed E-state index contributed by atoms with van der Waals surface area (Å²) in [5.74, 6) is 3.17.